The number of benzene rings is 2. The van der Waals surface area contributed by atoms with Crippen molar-refractivity contribution in [2.75, 3.05) is 5.32 Å². The molecule has 0 heterocycles. The third kappa shape index (κ3) is 3.57. The lowest BCUT2D eigenvalue weighted by Crippen LogP contribution is -2.07. The van der Waals surface area contributed by atoms with Gasteiger partial charge in [-0.05, 0) is 60.5 Å². The van der Waals surface area contributed by atoms with E-state index < -0.39 is 0 Å². The number of aryl methyl sites for hydroxylation is 2. The first-order valence-corrected chi connectivity index (χ1v) is 7.05. The van der Waals surface area contributed by atoms with Gasteiger partial charge in [-0.25, -0.2) is 4.39 Å². The van der Waals surface area contributed by atoms with Crippen LogP contribution in [-0.2, 0) is 0 Å². The van der Waals surface area contributed by atoms with Crippen molar-refractivity contribution in [2.45, 2.75) is 26.8 Å². The maximum Gasteiger partial charge on any atom is 0.124 e. The van der Waals surface area contributed by atoms with E-state index in [0.29, 0.717) is 0 Å². The number of nitrogens with one attached hydrogen (secondary N) is 1. The fourth-order valence-corrected chi connectivity index (χ4v) is 2.65. The summed E-state index contributed by atoms with van der Waals surface area (Å²) in [5.41, 5.74) is 4.63. The molecule has 0 aromatic heterocycles. The van der Waals surface area contributed by atoms with Gasteiger partial charge in [0.1, 0.15) is 5.82 Å². The van der Waals surface area contributed by atoms with E-state index in [1.165, 1.54) is 28.8 Å². The molecule has 1 unspecified atom stereocenters. The summed E-state index contributed by atoms with van der Waals surface area (Å²) in [7, 11) is 0. The first-order chi connectivity index (χ1) is 8.95. The summed E-state index contributed by atoms with van der Waals surface area (Å²) in [5.74, 6) is -0.239. The third-order valence-electron chi connectivity index (χ3n) is 3.05. The van der Waals surface area contributed by atoms with Crippen LogP contribution < -0.4 is 5.32 Å². The predicted molar refractivity (Wildman–Crippen MR) is 82.1 cm³/mol. The van der Waals surface area contributed by atoms with E-state index in [1.807, 2.05) is 0 Å². The second-order valence-corrected chi connectivity index (χ2v) is 5.77. The molecule has 1 nitrogen and oxygen atoms in total. The molecule has 0 aliphatic heterocycles. The van der Waals surface area contributed by atoms with Crippen LogP contribution in [0.25, 0.3) is 0 Å². The molecule has 19 heavy (non-hydrogen) atoms. The summed E-state index contributed by atoms with van der Waals surface area (Å²) < 4.78 is 13.8. The van der Waals surface area contributed by atoms with Crippen LogP contribution >= 0.6 is 15.9 Å². The largest absolute Gasteiger partial charge is 0.378 e. The Bertz CT molecular complexity index is 575. The predicted octanol–water partition coefficient (Wildman–Crippen LogP) is 5.38. The molecule has 0 saturated heterocycles. The fourth-order valence-electron chi connectivity index (χ4n) is 2.18. The van der Waals surface area contributed by atoms with Gasteiger partial charge in [-0.15, -0.1) is 0 Å². The van der Waals surface area contributed by atoms with E-state index in [2.05, 4.69) is 60.2 Å². The molecule has 0 aliphatic rings. The zero-order valence-corrected chi connectivity index (χ0v) is 12.9. The lowest BCUT2D eigenvalue weighted by molar-refractivity contribution is 0.627. The van der Waals surface area contributed by atoms with Crippen molar-refractivity contribution in [1.82, 2.24) is 0 Å². The van der Waals surface area contributed by atoms with E-state index in [1.54, 1.807) is 6.07 Å². The molecule has 0 bridgehead atoms. The Labute approximate surface area is 122 Å². The molecule has 0 amide bonds. The quantitative estimate of drug-likeness (QED) is 0.800. The summed E-state index contributed by atoms with van der Waals surface area (Å²) in [6, 6.07) is 11.3. The van der Waals surface area contributed by atoms with E-state index in [4.69, 9.17) is 0 Å². The van der Waals surface area contributed by atoms with Gasteiger partial charge in [0.2, 0.25) is 0 Å². The highest BCUT2D eigenvalue weighted by atomic mass is 79.9. The molecular weight excluding hydrogens is 305 g/mol. The van der Waals surface area contributed by atoms with Crippen LogP contribution in [-0.4, -0.2) is 0 Å². The maximum atomic E-state index is 13.1. The van der Waals surface area contributed by atoms with Crippen molar-refractivity contribution in [1.29, 1.82) is 0 Å². The Morgan fingerprint density at radius 1 is 1.05 bits per heavy atom. The van der Waals surface area contributed by atoms with E-state index in [9.17, 15) is 4.39 Å². The lowest BCUT2D eigenvalue weighted by Gasteiger charge is -2.18. The van der Waals surface area contributed by atoms with Crippen LogP contribution in [0.15, 0.2) is 40.9 Å². The standard InChI is InChI=1S/C16H17BrFN/c1-10-6-11(2)8-13(7-10)12(3)19-16-5-4-14(18)9-15(16)17/h4-9,12,19H,1-3H3. The highest BCUT2D eigenvalue weighted by molar-refractivity contribution is 9.10. The zero-order chi connectivity index (χ0) is 14.0. The average Bonchev–Trinajstić information content (AvgIpc) is 2.31. The Morgan fingerprint density at radius 2 is 1.68 bits per heavy atom. The minimum Gasteiger partial charge on any atom is -0.378 e. The molecule has 1 N–H and O–H groups in total. The Balaban J connectivity index is 2.22. The molecule has 0 radical (unpaired) electrons. The third-order valence-corrected chi connectivity index (χ3v) is 3.70. The minimum atomic E-state index is -0.239. The summed E-state index contributed by atoms with van der Waals surface area (Å²) >= 11 is 3.37. The highest BCUT2D eigenvalue weighted by Crippen LogP contribution is 2.27. The first-order valence-electron chi connectivity index (χ1n) is 6.25. The fraction of sp³-hybridized carbons (Fsp3) is 0.250. The van der Waals surface area contributed by atoms with Gasteiger partial charge in [0.15, 0.2) is 0 Å². The van der Waals surface area contributed by atoms with E-state index >= 15 is 0 Å². The van der Waals surface area contributed by atoms with Gasteiger partial charge < -0.3 is 5.32 Å². The lowest BCUT2D eigenvalue weighted by atomic mass is 10.0. The molecule has 0 aliphatic carbocycles. The van der Waals surface area contributed by atoms with Crippen molar-refractivity contribution in [3.05, 3.63) is 63.4 Å². The summed E-state index contributed by atoms with van der Waals surface area (Å²) in [5, 5.41) is 3.39. The Morgan fingerprint density at radius 3 is 2.26 bits per heavy atom. The summed E-state index contributed by atoms with van der Waals surface area (Å²) in [6.45, 7) is 6.29. The van der Waals surface area contributed by atoms with Gasteiger partial charge in [0.25, 0.3) is 0 Å². The van der Waals surface area contributed by atoms with Crippen molar-refractivity contribution in [3.63, 3.8) is 0 Å². The van der Waals surface area contributed by atoms with E-state index in [-0.39, 0.29) is 11.9 Å². The first kappa shape index (κ1) is 14.1. The molecule has 0 saturated carbocycles. The van der Waals surface area contributed by atoms with Crippen LogP contribution in [0.2, 0.25) is 0 Å². The molecule has 3 heteroatoms. The van der Waals surface area contributed by atoms with Crippen molar-refractivity contribution >= 4 is 21.6 Å². The minimum absolute atomic E-state index is 0.167. The number of hydrogen-bond donors (Lipinski definition) is 1. The maximum absolute atomic E-state index is 13.1. The van der Waals surface area contributed by atoms with Gasteiger partial charge in [-0.3, -0.25) is 0 Å². The molecule has 0 fully saturated rings. The average molecular weight is 322 g/mol. The van der Waals surface area contributed by atoms with Crippen LogP contribution in [0.4, 0.5) is 10.1 Å². The van der Waals surface area contributed by atoms with Crippen LogP contribution in [0, 0.1) is 19.7 Å². The number of anilines is 1. The number of hydrogen-bond acceptors (Lipinski definition) is 1. The number of halogens is 2. The molecule has 2 aromatic rings. The molecule has 0 spiro atoms. The Kier molecular flexibility index (Phi) is 4.25. The van der Waals surface area contributed by atoms with E-state index in [0.717, 1.165) is 10.2 Å². The highest BCUT2D eigenvalue weighted by Gasteiger charge is 2.09. The monoisotopic (exact) mass is 321 g/mol. The number of rotatable bonds is 3. The molecule has 2 aromatic carbocycles. The van der Waals surface area contributed by atoms with Gasteiger partial charge in [-0.1, -0.05) is 29.3 Å². The second kappa shape index (κ2) is 5.74. The van der Waals surface area contributed by atoms with Crippen LogP contribution in [0.5, 0.6) is 0 Å². The van der Waals surface area contributed by atoms with Gasteiger partial charge in [0, 0.05) is 16.2 Å². The summed E-state index contributed by atoms with van der Waals surface area (Å²) in [6.07, 6.45) is 0. The molecule has 100 valence electrons. The van der Waals surface area contributed by atoms with Gasteiger partial charge in [-0.2, -0.15) is 0 Å². The summed E-state index contributed by atoms with van der Waals surface area (Å²) in [4.78, 5) is 0. The smallest absolute Gasteiger partial charge is 0.124 e. The van der Waals surface area contributed by atoms with Crippen molar-refractivity contribution in [2.24, 2.45) is 0 Å². The molecule has 2 rings (SSSR count). The van der Waals surface area contributed by atoms with Crippen molar-refractivity contribution in [3.8, 4) is 0 Å². The molecular formula is C16H17BrFN. The van der Waals surface area contributed by atoms with Gasteiger partial charge in [0.05, 0.1) is 0 Å². The SMILES string of the molecule is Cc1cc(C)cc(C(C)Nc2ccc(F)cc2Br)c1. The Hall–Kier alpha value is -1.35. The van der Waals surface area contributed by atoms with Crippen LogP contribution in [0.1, 0.15) is 29.7 Å². The second-order valence-electron chi connectivity index (χ2n) is 4.91. The zero-order valence-electron chi connectivity index (χ0n) is 11.3. The van der Waals surface area contributed by atoms with Gasteiger partial charge >= 0.3 is 0 Å². The van der Waals surface area contributed by atoms with Crippen molar-refractivity contribution < 1.29 is 4.39 Å². The molecule has 1 atom stereocenters. The topological polar surface area (TPSA) is 12.0 Å². The van der Waals surface area contributed by atoms with Crippen LogP contribution in [0.3, 0.4) is 0 Å². The normalized spacial score (nSPS) is 12.3.